The molecule has 2 aromatic heterocycles. The molecular weight excluding hydrogens is 176 g/mol. The molecule has 0 saturated carbocycles. The van der Waals surface area contributed by atoms with Crippen molar-refractivity contribution in [3.63, 3.8) is 0 Å². The number of fused-ring (bicyclic) bond motifs is 1. The standard InChI is InChI=1S/C8H7ClN2O/c1-12-7-5-2-3-10-8(5)11-4-6(7)9/h2-4H,1H3,(H,10,11). The Morgan fingerprint density at radius 2 is 2.42 bits per heavy atom. The van der Waals surface area contributed by atoms with Crippen LogP contribution in [0.3, 0.4) is 0 Å². The molecule has 0 saturated heterocycles. The highest BCUT2D eigenvalue weighted by molar-refractivity contribution is 6.32. The monoisotopic (exact) mass is 182 g/mol. The number of nitrogens with zero attached hydrogens (tertiary/aromatic N) is 1. The minimum Gasteiger partial charge on any atom is -0.494 e. The minimum absolute atomic E-state index is 0.532. The first-order valence-electron chi connectivity index (χ1n) is 3.48. The third kappa shape index (κ3) is 0.940. The molecule has 2 rings (SSSR count). The van der Waals surface area contributed by atoms with Gasteiger partial charge in [-0.05, 0) is 6.07 Å². The first-order chi connectivity index (χ1) is 5.83. The number of nitrogens with one attached hydrogen (secondary N) is 1. The van der Waals surface area contributed by atoms with Gasteiger partial charge in [0, 0.05) is 6.20 Å². The zero-order valence-corrected chi connectivity index (χ0v) is 7.22. The molecular formula is C8H7ClN2O. The maximum absolute atomic E-state index is 5.86. The number of ether oxygens (including phenoxy) is 1. The highest BCUT2D eigenvalue weighted by Crippen LogP contribution is 2.30. The van der Waals surface area contributed by atoms with Crippen LogP contribution in [0.2, 0.25) is 5.02 Å². The number of hydrogen-bond acceptors (Lipinski definition) is 2. The summed E-state index contributed by atoms with van der Waals surface area (Å²) in [6.07, 6.45) is 3.37. The summed E-state index contributed by atoms with van der Waals surface area (Å²) in [5.41, 5.74) is 0.788. The second kappa shape index (κ2) is 2.68. The van der Waals surface area contributed by atoms with Gasteiger partial charge in [-0.2, -0.15) is 0 Å². The Hall–Kier alpha value is -1.22. The first kappa shape index (κ1) is 7.43. The summed E-state index contributed by atoms with van der Waals surface area (Å²) < 4.78 is 5.12. The van der Waals surface area contributed by atoms with Crippen LogP contribution in [-0.4, -0.2) is 17.1 Å². The molecule has 4 heteroatoms. The summed E-state index contributed by atoms with van der Waals surface area (Å²) in [6, 6.07) is 1.88. The molecule has 0 unspecified atom stereocenters. The Morgan fingerprint density at radius 1 is 1.58 bits per heavy atom. The molecule has 0 aromatic carbocycles. The second-order valence-corrected chi connectivity index (χ2v) is 2.79. The number of methoxy groups -OCH3 is 1. The average molecular weight is 183 g/mol. The lowest BCUT2D eigenvalue weighted by atomic mass is 10.3. The van der Waals surface area contributed by atoms with Crippen LogP contribution in [0.1, 0.15) is 0 Å². The SMILES string of the molecule is COc1c(Cl)cnc2[nH]ccc12. The van der Waals surface area contributed by atoms with Crippen molar-refractivity contribution < 1.29 is 4.74 Å². The van der Waals surface area contributed by atoms with Crippen molar-refractivity contribution in [3.05, 3.63) is 23.5 Å². The van der Waals surface area contributed by atoms with Gasteiger partial charge in [0.25, 0.3) is 0 Å². The zero-order chi connectivity index (χ0) is 8.55. The molecule has 62 valence electrons. The molecule has 0 radical (unpaired) electrons. The van der Waals surface area contributed by atoms with Crippen LogP contribution in [0.4, 0.5) is 0 Å². The largest absolute Gasteiger partial charge is 0.494 e. The number of H-pyrrole nitrogens is 1. The first-order valence-corrected chi connectivity index (χ1v) is 3.86. The van der Waals surface area contributed by atoms with Gasteiger partial charge in [0.1, 0.15) is 16.4 Å². The van der Waals surface area contributed by atoms with E-state index < -0.39 is 0 Å². The van der Waals surface area contributed by atoms with Crippen molar-refractivity contribution >= 4 is 22.6 Å². The lowest BCUT2D eigenvalue weighted by Gasteiger charge is -2.02. The molecule has 0 aliphatic heterocycles. The van der Waals surface area contributed by atoms with Gasteiger partial charge >= 0.3 is 0 Å². The lowest BCUT2D eigenvalue weighted by Crippen LogP contribution is -1.86. The molecule has 1 N–H and O–H groups in total. The van der Waals surface area contributed by atoms with Crippen molar-refractivity contribution in [1.82, 2.24) is 9.97 Å². The normalized spacial score (nSPS) is 10.5. The summed E-state index contributed by atoms with van der Waals surface area (Å²) in [4.78, 5) is 7.05. The number of pyridine rings is 1. The van der Waals surface area contributed by atoms with Gasteiger partial charge in [-0.15, -0.1) is 0 Å². The van der Waals surface area contributed by atoms with E-state index in [0.717, 1.165) is 11.0 Å². The van der Waals surface area contributed by atoms with Crippen molar-refractivity contribution in [2.24, 2.45) is 0 Å². The Balaban J connectivity index is 2.83. The molecule has 12 heavy (non-hydrogen) atoms. The van der Waals surface area contributed by atoms with Crippen molar-refractivity contribution in [2.45, 2.75) is 0 Å². The van der Waals surface area contributed by atoms with Gasteiger partial charge in [0.05, 0.1) is 18.7 Å². The molecule has 2 aromatic rings. The van der Waals surface area contributed by atoms with Crippen molar-refractivity contribution in [3.8, 4) is 5.75 Å². The number of aromatic nitrogens is 2. The van der Waals surface area contributed by atoms with E-state index in [1.165, 1.54) is 0 Å². The third-order valence-corrected chi connectivity index (χ3v) is 1.97. The predicted molar refractivity (Wildman–Crippen MR) is 47.7 cm³/mol. The highest BCUT2D eigenvalue weighted by atomic mass is 35.5. The maximum Gasteiger partial charge on any atom is 0.150 e. The summed E-state index contributed by atoms with van der Waals surface area (Å²) in [6.45, 7) is 0. The quantitative estimate of drug-likeness (QED) is 0.735. The van der Waals surface area contributed by atoms with E-state index >= 15 is 0 Å². The Kier molecular flexibility index (Phi) is 1.66. The van der Waals surface area contributed by atoms with E-state index in [0.29, 0.717) is 10.8 Å². The van der Waals surface area contributed by atoms with Gasteiger partial charge in [0.15, 0.2) is 0 Å². The Bertz CT molecular complexity index is 410. The summed E-state index contributed by atoms with van der Waals surface area (Å²) in [5.74, 6) is 0.669. The van der Waals surface area contributed by atoms with Gasteiger partial charge in [-0.1, -0.05) is 11.6 Å². The van der Waals surface area contributed by atoms with E-state index in [2.05, 4.69) is 9.97 Å². The van der Waals surface area contributed by atoms with E-state index in [9.17, 15) is 0 Å². The van der Waals surface area contributed by atoms with Crippen LogP contribution in [0, 0.1) is 0 Å². The number of halogens is 1. The second-order valence-electron chi connectivity index (χ2n) is 2.38. The fourth-order valence-corrected chi connectivity index (χ4v) is 1.39. The van der Waals surface area contributed by atoms with Crippen LogP contribution in [-0.2, 0) is 0 Å². The molecule has 2 heterocycles. The summed E-state index contributed by atoms with van der Waals surface area (Å²) in [7, 11) is 1.59. The van der Waals surface area contributed by atoms with Gasteiger partial charge in [0.2, 0.25) is 0 Å². The van der Waals surface area contributed by atoms with Crippen molar-refractivity contribution in [2.75, 3.05) is 7.11 Å². The van der Waals surface area contributed by atoms with Crippen LogP contribution in [0.5, 0.6) is 5.75 Å². The number of rotatable bonds is 1. The average Bonchev–Trinajstić information content (AvgIpc) is 2.52. The van der Waals surface area contributed by atoms with E-state index in [-0.39, 0.29) is 0 Å². The number of aromatic amines is 1. The smallest absolute Gasteiger partial charge is 0.150 e. The molecule has 0 aliphatic rings. The minimum atomic E-state index is 0.532. The van der Waals surface area contributed by atoms with Gasteiger partial charge in [-0.3, -0.25) is 0 Å². The maximum atomic E-state index is 5.86. The zero-order valence-electron chi connectivity index (χ0n) is 6.47. The van der Waals surface area contributed by atoms with Crippen molar-refractivity contribution in [1.29, 1.82) is 0 Å². The van der Waals surface area contributed by atoms with E-state index in [4.69, 9.17) is 16.3 Å². The molecule has 0 amide bonds. The van der Waals surface area contributed by atoms with Gasteiger partial charge < -0.3 is 9.72 Å². The Labute approximate surface area is 74.3 Å². The van der Waals surface area contributed by atoms with Crippen LogP contribution in [0.25, 0.3) is 11.0 Å². The lowest BCUT2D eigenvalue weighted by molar-refractivity contribution is 0.420. The summed E-state index contributed by atoms with van der Waals surface area (Å²) >= 11 is 5.86. The Morgan fingerprint density at radius 3 is 3.17 bits per heavy atom. The molecule has 0 bridgehead atoms. The predicted octanol–water partition coefficient (Wildman–Crippen LogP) is 2.22. The van der Waals surface area contributed by atoms with E-state index in [1.54, 1.807) is 19.5 Å². The van der Waals surface area contributed by atoms with Gasteiger partial charge in [-0.25, -0.2) is 4.98 Å². The molecule has 0 spiro atoms. The fraction of sp³-hybridized carbons (Fsp3) is 0.125. The van der Waals surface area contributed by atoms with Crippen LogP contribution in [0.15, 0.2) is 18.5 Å². The molecule has 0 fully saturated rings. The third-order valence-electron chi connectivity index (χ3n) is 1.70. The molecule has 3 nitrogen and oxygen atoms in total. The topological polar surface area (TPSA) is 37.9 Å². The van der Waals surface area contributed by atoms with E-state index in [1.807, 2.05) is 6.07 Å². The fourth-order valence-electron chi connectivity index (χ4n) is 1.17. The highest BCUT2D eigenvalue weighted by Gasteiger charge is 2.07. The van der Waals surface area contributed by atoms with Crippen LogP contribution >= 0.6 is 11.6 Å². The summed E-state index contributed by atoms with van der Waals surface area (Å²) in [5, 5.41) is 1.44. The number of hydrogen-bond donors (Lipinski definition) is 1. The molecule has 0 atom stereocenters. The van der Waals surface area contributed by atoms with Crippen LogP contribution < -0.4 is 4.74 Å². The molecule has 0 aliphatic carbocycles.